The van der Waals surface area contributed by atoms with E-state index in [1.165, 1.54) is 11.3 Å². The number of thiophene rings is 1. The topological polar surface area (TPSA) is 74.4 Å². The Morgan fingerprint density at radius 2 is 2.36 bits per heavy atom. The Morgan fingerprint density at radius 1 is 1.55 bits per heavy atom. The minimum Gasteiger partial charge on any atom is -0.462 e. The summed E-state index contributed by atoms with van der Waals surface area (Å²) in [5.74, 6) is -0.374. The molecular formula is C16H20N2O3S. The third kappa shape index (κ3) is 2.68. The molecule has 118 valence electrons. The lowest BCUT2D eigenvalue weighted by Gasteiger charge is -2.24. The van der Waals surface area contributed by atoms with Crippen LogP contribution < -0.4 is 5.73 Å². The third-order valence-electron chi connectivity index (χ3n) is 3.86. The number of hydrogen-bond acceptors (Lipinski definition) is 6. The number of carbonyl (C=O) groups excluding carboxylic acids is 1. The van der Waals surface area contributed by atoms with Gasteiger partial charge in [0.15, 0.2) is 0 Å². The number of ether oxygens (including phenoxy) is 2. The summed E-state index contributed by atoms with van der Waals surface area (Å²) in [5, 5.41) is 0.823. The molecule has 0 aliphatic carbocycles. The van der Waals surface area contributed by atoms with Crippen LogP contribution in [0, 0.1) is 0 Å². The molecule has 1 aliphatic heterocycles. The molecule has 2 aromatic heterocycles. The van der Waals surface area contributed by atoms with Crippen LogP contribution in [0.1, 0.15) is 47.6 Å². The van der Waals surface area contributed by atoms with Gasteiger partial charge in [0, 0.05) is 17.4 Å². The van der Waals surface area contributed by atoms with Crippen LogP contribution in [-0.2, 0) is 22.5 Å². The molecule has 0 saturated carbocycles. The van der Waals surface area contributed by atoms with E-state index in [0.717, 1.165) is 40.7 Å². The van der Waals surface area contributed by atoms with Crippen molar-refractivity contribution in [2.75, 3.05) is 12.3 Å². The van der Waals surface area contributed by atoms with Crippen LogP contribution in [0.25, 0.3) is 10.2 Å². The number of anilines is 1. The third-order valence-corrected chi connectivity index (χ3v) is 4.95. The van der Waals surface area contributed by atoms with Crippen LogP contribution in [0.3, 0.4) is 0 Å². The summed E-state index contributed by atoms with van der Waals surface area (Å²) >= 11 is 1.31. The normalized spacial score (nSPS) is 17.5. The van der Waals surface area contributed by atoms with E-state index < -0.39 is 0 Å². The van der Waals surface area contributed by atoms with Crippen LogP contribution in [-0.4, -0.2) is 23.7 Å². The number of esters is 1. The van der Waals surface area contributed by atoms with Crippen molar-refractivity contribution >= 4 is 33.2 Å². The first kappa shape index (κ1) is 15.2. The first-order valence-electron chi connectivity index (χ1n) is 7.63. The summed E-state index contributed by atoms with van der Waals surface area (Å²) in [7, 11) is 0. The monoisotopic (exact) mass is 320 g/mol. The quantitative estimate of drug-likeness (QED) is 0.875. The van der Waals surface area contributed by atoms with Gasteiger partial charge in [0.1, 0.15) is 9.71 Å². The maximum Gasteiger partial charge on any atom is 0.350 e. The number of rotatable bonds is 4. The summed E-state index contributed by atoms with van der Waals surface area (Å²) in [5.41, 5.74) is 8.70. The molecule has 2 N–H and O–H groups in total. The van der Waals surface area contributed by atoms with Gasteiger partial charge in [0.25, 0.3) is 0 Å². The van der Waals surface area contributed by atoms with E-state index in [4.69, 9.17) is 20.2 Å². The molecule has 0 saturated heterocycles. The molecule has 0 aromatic carbocycles. The zero-order chi connectivity index (χ0) is 15.7. The summed E-state index contributed by atoms with van der Waals surface area (Å²) < 4.78 is 10.9. The molecule has 3 rings (SSSR count). The Labute approximate surface area is 133 Å². The molecule has 6 heteroatoms. The maximum atomic E-state index is 11.9. The average Bonchev–Trinajstić information content (AvgIpc) is 2.82. The Morgan fingerprint density at radius 3 is 3.09 bits per heavy atom. The van der Waals surface area contributed by atoms with Gasteiger partial charge in [-0.05, 0) is 19.4 Å². The van der Waals surface area contributed by atoms with Gasteiger partial charge in [-0.15, -0.1) is 11.3 Å². The summed E-state index contributed by atoms with van der Waals surface area (Å²) in [6.07, 6.45) is 3.21. The van der Waals surface area contributed by atoms with Crippen molar-refractivity contribution in [2.45, 2.75) is 45.8 Å². The largest absolute Gasteiger partial charge is 0.462 e. The lowest BCUT2D eigenvalue weighted by molar-refractivity contribution is 0.0217. The highest BCUT2D eigenvalue weighted by Crippen LogP contribution is 2.35. The Kier molecular flexibility index (Phi) is 4.31. The molecule has 0 bridgehead atoms. The van der Waals surface area contributed by atoms with E-state index >= 15 is 0 Å². The highest BCUT2D eigenvalue weighted by molar-refractivity contribution is 7.21. The van der Waals surface area contributed by atoms with E-state index in [9.17, 15) is 4.79 Å². The number of nitrogens with zero attached hydrogens (tertiary/aromatic N) is 1. The molecular weight excluding hydrogens is 300 g/mol. The van der Waals surface area contributed by atoms with E-state index in [-0.39, 0.29) is 12.1 Å². The number of fused-ring (bicyclic) bond motifs is 2. The van der Waals surface area contributed by atoms with Gasteiger partial charge < -0.3 is 15.2 Å². The molecule has 1 atom stereocenters. The van der Waals surface area contributed by atoms with Crippen LogP contribution >= 0.6 is 11.3 Å². The SMILES string of the molecule is CCCC1Cc2nc3sc(C(=O)OCC)c(N)c3cc2CO1. The summed E-state index contributed by atoms with van der Waals surface area (Å²) in [6, 6.07) is 2.01. The highest BCUT2D eigenvalue weighted by atomic mass is 32.1. The molecule has 2 aromatic rings. The van der Waals surface area contributed by atoms with Gasteiger partial charge in [-0.2, -0.15) is 0 Å². The van der Waals surface area contributed by atoms with Crippen molar-refractivity contribution in [3.63, 3.8) is 0 Å². The molecule has 5 nitrogen and oxygen atoms in total. The zero-order valence-electron chi connectivity index (χ0n) is 12.8. The van der Waals surface area contributed by atoms with Crippen molar-refractivity contribution in [2.24, 2.45) is 0 Å². The fraction of sp³-hybridized carbons (Fsp3) is 0.500. The van der Waals surface area contributed by atoms with Gasteiger partial charge in [-0.25, -0.2) is 9.78 Å². The summed E-state index contributed by atoms with van der Waals surface area (Å²) in [4.78, 5) is 17.9. The number of nitrogens with two attached hydrogens (primary N) is 1. The van der Waals surface area contributed by atoms with Gasteiger partial charge in [0.2, 0.25) is 0 Å². The van der Waals surface area contributed by atoms with Crippen molar-refractivity contribution < 1.29 is 14.3 Å². The fourth-order valence-corrected chi connectivity index (χ4v) is 3.75. The Bertz CT molecular complexity index is 711. The standard InChI is InChI=1S/C16H20N2O3S/c1-3-5-10-7-12-9(8-21-10)6-11-13(17)14(16(19)20-4-2)22-15(11)18-12/h6,10H,3-5,7-8,17H2,1-2H3. The number of nitrogen functional groups attached to an aromatic ring is 1. The lowest BCUT2D eigenvalue weighted by Crippen LogP contribution is -2.23. The molecule has 22 heavy (non-hydrogen) atoms. The van der Waals surface area contributed by atoms with Gasteiger partial charge in [-0.3, -0.25) is 0 Å². The van der Waals surface area contributed by atoms with Gasteiger partial charge >= 0.3 is 5.97 Å². The molecule has 0 fully saturated rings. The van der Waals surface area contributed by atoms with Crippen LogP contribution in [0.4, 0.5) is 5.69 Å². The minimum absolute atomic E-state index is 0.240. The number of pyridine rings is 1. The number of carbonyl (C=O) groups is 1. The Balaban J connectivity index is 1.99. The molecule has 0 radical (unpaired) electrons. The Hall–Kier alpha value is -1.66. The van der Waals surface area contributed by atoms with Gasteiger partial charge in [-0.1, -0.05) is 13.3 Å². The van der Waals surface area contributed by atoms with Crippen molar-refractivity contribution in [3.8, 4) is 0 Å². The average molecular weight is 320 g/mol. The van der Waals surface area contributed by atoms with E-state index in [1.807, 2.05) is 6.07 Å². The second-order valence-electron chi connectivity index (χ2n) is 5.44. The molecule has 1 unspecified atom stereocenters. The van der Waals surface area contributed by atoms with Crippen molar-refractivity contribution in [1.29, 1.82) is 0 Å². The molecule has 0 spiro atoms. The first-order valence-corrected chi connectivity index (χ1v) is 8.45. The minimum atomic E-state index is -0.374. The predicted molar refractivity (Wildman–Crippen MR) is 87.2 cm³/mol. The van der Waals surface area contributed by atoms with Crippen LogP contribution in [0.5, 0.6) is 0 Å². The van der Waals surface area contributed by atoms with E-state index in [2.05, 4.69) is 6.92 Å². The number of aromatic nitrogens is 1. The maximum absolute atomic E-state index is 11.9. The van der Waals surface area contributed by atoms with Crippen molar-refractivity contribution in [1.82, 2.24) is 4.98 Å². The second-order valence-corrected chi connectivity index (χ2v) is 6.44. The van der Waals surface area contributed by atoms with Crippen LogP contribution in [0.15, 0.2) is 6.07 Å². The lowest BCUT2D eigenvalue weighted by atomic mass is 10.0. The second kappa shape index (κ2) is 6.22. The molecule has 0 amide bonds. The summed E-state index contributed by atoms with van der Waals surface area (Å²) in [6.45, 7) is 4.83. The van der Waals surface area contributed by atoms with Crippen molar-refractivity contribution in [3.05, 3.63) is 22.2 Å². The zero-order valence-corrected chi connectivity index (χ0v) is 13.7. The highest BCUT2D eigenvalue weighted by Gasteiger charge is 2.24. The van der Waals surface area contributed by atoms with E-state index in [1.54, 1.807) is 6.92 Å². The smallest absolute Gasteiger partial charge is 0.350 e. The van der Waals surface area contributed by atoms with Crippen LogP contribution in [0.2, 0.25) is 0 Å². The van der Waals surface area contributed by atoms with Gasteiger partial charge in [0.05, 0.1) is 30.7 Å². The number of hydrogen-bond donors (Lipinski definition) is 1. The fourth-order valence-electron chi connectivity index (χ4n) is 2.76. The molecule has 1 aliphatic rings. The van der Waals surface area contributed by atoms with E-state index in [0.29, 0.717) is 23.8 Å². The predicted octanol–water partition coefficient (Wildman–Crippen LogP) is 3.30. The molecule has 3 heterocycles. The first-order chi connectivity index (χ1) is 10.6.